The van der Waals surface area contributed by atoms with Crippen LogP contribution in [0.2, 0.25) is 0 Å². The molecule has 2 atom stereocenters. The Morgan fingerprint density at radius 1 is 1.23 bits per heavy atom. The zero-order valence-electron chi connectivity index (χ0n) is 21.4. The second kappa shape index (κ2) is 10.9. The lowest BCUT2D eigenvalue weighted by Gasteiger charge is -2.31. The number of methoxy groups -OCH3 is 1. The predicted octanol–water partition coefficient (Wildman–Crippen LogP) is 2.41. The Morgan fingerprint density at radius 3 is 2.62 bits per heavy atom. The summed E-state index contributed by atoms with van der Waals surface area (Å²) < 4.78 is 73.3. The molecule has 1 aliphatic rings. The van der Waals surface area contributed by atoms with Gasteiger partial charge in [-0.1, -0.05) is 0 Å². The largest absolute Gasteiger partial charge is 0.493 e. The van der Waals surface area contributed by atoms with Crippen molar-refractivity contribution in [1.82, 2.24) is 15.3 Å². The zero-order chi connectivity index (χ0) is 29.3. The highest BCUT2D eigenvalue weighted by Gasteiger charge is 2.57. The van der Waals surface area contributed by atoms with E-state index in [9.17, 15) is 27.5 Å². The Bertz CT molecular complexity index is 1420. The van der Waals surface area contributed by atoms with Crippen LogP contribution in [-0.2, 0) is 11.1 Å². The van der Waals surface area contributed by atoms with Crippen LogP contribution in [0.4, 0.5) is 17.6 Å². The molecular formula is C26H26F4N4O6. The Balaban J connectivity index is 1.72. The van der Waals surface area contributed by atoms with Crippen LogP contribution in [0.3, 0.4) is 0 Å². The molecule has 214 valence electrons. The normalized spacial score (nSPS) is 17.9. The number of carbonyl (C=O) groups excluding carboxylic acids is 1. The Morgan fingerprint density at radius 2 is 1.98 bits per heavy atom. The number of halogens is 4. The average molecular weight is 567 g/mol. The predicted molar refractivity (Wildman–Crippen MR) is 132 cm³/mol. The quantitative estimate of drug-likeness (QED) is 0.226. The molecule has 0 radical (unpaired) electrons. The van der Waals surface area contributed by atoms with Crippen molar-refractivity contribution in [2.45, 2.75) is 24.2 Å². The van der Waals surface area contributed by atoms with E-state index in [0.717, 1.165) is 18.3 Å². The molecule has 40 heavy (non-hydrogen) atoms. The highest BCUT2D eigenvalue weighted by molar-refractivity contribution is 5.95. The third-order valence-corrected chi connectivity index (χ3v) is 6.28. The van der Waals surface area contributed by atoms with Gasteiger partial charge in [0, 0.05) is 29.0 Å². The van der Waals surface area contributed by atoms with Crippen LogP contribution < -0.4 is 25.3 Å². The highest BCUT2D eigenvalue weighted by atomic mass is 19.4. The number of fused-ring (bicyclic) bond motifs is 1. The maximum atomic E-state index is 14.4. The Kier molecular flexibility index (Phi) is 7.87. The van der Waals surface area contributed by atoms with E-state index in [0.29, 0.717) is 0 Å². The minimum Gasteiger partial charge on any atom is -0.493 e. The average Bonchev–Trinajstić information content (AvgIpc) is 3.23. The minimum absolute atomic E-state index is 0.0449. The lowest BCUT2D eigenvalue weighted by Crippen LogP contribution is -2.51. The van der Waals surface area contributed by atoms with Crippen molar-refractivity contribution in [2.24, 2.45) is 5.73 Å². The molecule has 2 unspecified atom stereocenters. The van der Waals surface area contributed by atoms with E-state index in [4.69, 9.17) is 25.1 Å². The number of pyridine rings is 2. The number of amides is 1. The molecule has 3 aromatic rings. The van der Waals surface area contributed by atoms with E-state index in [1.807, 2.05) is 0 Å². The number of nitrogens with two attached hydrogens (primary N) is 1. The van der Waals surface area contributed by atoms with Gasteiger partial charge in [-0.05, 0) is 37.3 Å². The number of aliphatic hydroxyl groups is 2. The van der Waals surface area contributed by atoms with Crippen molar-refractivity contribution in [3.05, 3.63) is 65.4 Å². The molecule has 0 aliphatic carbocycles. The lowest BCUT2D eigenvalue weighted by molar-refractivity contribution is -0.265. The smallest absolute Gasteiger partial charge is 0.424 e. The van der Waals surface area contributed by atoms with Gasteiger partial charge in [0.15, 0.2) is 17.2 Å². The van der Waals surface area contributed by atoms with Gasteiger partial charge in [-0.25, -0.2) is 9.97 Å². The molecule has 2 aromatic heterocycles. The standard InChI is InChI=1S/C26H26F4N4O6/c1-24(31)13-40-22-16(24)11-19(34-21(22)14-5-6-32-20(27)10-14)25(37,26(28,29)30)12-33-23(36)15-3-4-17(39-8-7-35)18(9-15)38-2/h3-6,9-11,35,37H,7-8,12-13,31H2,1-2H3,(H,33,36). The van der Waals surface area contributed by atoms with E-state index in [1.54, 1.807) is 0 Å². The van der Waals surface area contributed by atoms with Crippen LogP contribution in [0.1, 0.15) is 28.5 Å². The first kappa shape index (κ1) is 29.0. The van der Waals surface area contributed by atoms with Crippen molar-refractivity contribution >= 4 is 5.91 Å². The van der Waals surface area contributed by atoms with E-state index in [1.165, 1.54) is 38.3 Å². The summed E-state index contributed by atoms with van der Waals surface area (Å²) in [6.45, 7) is -0.219. The zero-order valence-corrected chi connectivity index (χ0v) is 21.4. The van der Waals surface area contributed by atoms with E-state index < -0.39 is 41.4 Å². The topological polar surface area (TPSA) is 149 Å². The SMILES string of the molecule is COc1cc(C(=O)NCC(O)(c2cc3c(c(-c4ccnc(F)c4)n2)OCC3(C)N)C(F)(F)F)ccc1OCCO. The second-order valence-corrected chi connectivity index (χ2v) is 9.28. The molecule has 0 saturated carbocycles. The van der Waals surface area contributed by atoms with Crippen molar-refractivity contribution < 1.29 is 46.8 Å². The summed E-state index contributed by atoms with van der Waals surface area (Å²) in [4.78, 5) is 20.3. The van der Waals surface area contributed by atoms with E-state index in [-0.39, 0.29) is 59.5 Å². The molecule has 5 N–H and O–H groups in total. The van der Waals surface area contributed by atoms with Crippen LogP contribution in [0.25, 0.3) is 11.3 Å². The van der Waals surface area contributed by atoms with E-state index >= 15 is 0 Å². The highest BCUT2D eigenvalue weighted by Crippen LogP contribution is 2.46. The van der Waals surface area contributed by atoms with Crippen LogP contribution in [-0.4, -0.2) is 65.7 Å². The number of ether oxygens (including phenoxy) is 3. The first-order valence-electron chi connectivity index (χ1n) is 11.9. The number of carbonyl (C=O) groups is 1. The fraction of sp³-hybridized carbons (Fsp3) is 0.346. The Hall–Kier alpha value is -4.01. The van der Waals surface area contributed by atoms with Gasteiger partial charge in [-0.3, -0.25) is 4.79 Å². The summed E-state index contributed by atoms with van der Waals surface area (Å²) in [7, 11) is 1.30. The number of hydrogen-bond donors (Lipinski definition) is 4. The summed E-state index contributed by atoms with van der Waals surface area (Å²) in [6.07, 6.45) is -4.21. The maximum Gasteiger partial charge on any atom is 0.424 e. The molecule has 1 amide bonds. The number of alkyl halides is 3. The Labute approximate surface area is 225 Å². The number of benzene rings is 1. The second-order valence-electron chi connectivity index (χ2n) is 9.28. The molecular weight excluding hydrogens is 540 g/mol. The summed E-state index contributed by atoms with van der Waals surface area (Å²) >= 11 is 0. The number of nitrogens with one attached hydrogen (secondary N) is 1. The minimum atomic E-state index is -5.31. The van der Waals surface area contributed by atoms with Gasteiger partial charge in [-0.15, -0.1) is 0 Å². The van der Waals surface area contributed by atoms with Gasteiger partial charge >= 0.3 is 6.18 Å². The van der Waals surface area contributed by atoms with Crippen molar-refractivity contribution in [2.75, 3.05) is 33.5 Å². The molecule has 14 heteroatoms. The van der Waals surface area contributed by atoms with Crippen LogP contribution in [0.15, 0.2) is 42.6 Å². The molecule has 10 nitrogen and oxygen atoms in total. The number of hydrogen-bond acceptors (Lipinski definition) is 9. The monoisotopic (exact) mass is 566 g/mol. The van der Waals surface area contributed by atoms with Gasteiger partial charge < -0.3 is 35.5 Å². The number of nitrogens with zero attached hydrogens (tertiary/aromatic N) is 2. The van der Waals surface area contributed by atoms with Gasteiger partial charge in [0.2, 0.25) is 11.5 Å². The van der Waals surface area contributed by atoms with Crippen LogP contribution in [0, 0.1) is 5.95 Å². The summed E-state index contributed by atoms with van der Waals surface area (Å²) in [5.41, 5.74) is 0.339. The first-order chi connectivity index (χ1) is 18.8. The third-order valence-electron chi connectivity index (χ3n) is 6.28. The molecule has 0 bridgehead atoms. The van der Waals surface area contributed by atoms with Crippen molar-refractivity contribution in [3.8, 4) is 28.5 Å². The molecule has 3 heterocycles. The van der Waals surface area contributed by atoms with E-state index in [2.05, 4.69) is 15.3 Å². The molecule has 4 rings (SSSR count). The maximum absolute atomic E-state index is 14.4. The van der Waals surface area contributed by atoms with Crippen molar-refractivity contribution in [1.29, 1.82) is 0 Å². The molecule has 0 spiro atoms. The van der Waals surface area contributed by atoms with Gasteiger partial charge in [0.25, 0.3) is 5.91 Å². The van der Waals surface area contributed by atoms with Gasteiger partial charge in [-0.2, -0.15) is 17.6 Å². The van der Waals surface area contributed by atoms with Crippen LogP contribution >= 0.6 is 0 Å². The van der Waals surface area contributed by atoms with Crippen molar-refractivity contribution in [3.63, 3.8) is 0 Å². The van der Waals surface area contributed by atoms with Gasteiger partial charge in [0.1, 0.15) is 18.9 Å². The summed E-state index contributed by atoms with van der Waals surface area (Å²) in [5.74, 6) is -1.52. The lowest BCUT2D eigenvalue weighted by atomic mass is 9.89. The van der Waals surface area contributed by atoms with Crippen LogP contribution in [0.5, 0.6) is 17.2 Å². The molecule has 1 aromatic carbocycles. The molecule has 1 aliphatic heterocycles. The number of aromatic nitrogens is 2. The number of aliphatic hydroxyl groups excluding tert-OH is 1. The third kappa shape index (κ3) is 5.50. The summed E-state index contributed by atoms with van der Waals surface area (Å²) in [6, 6.07) is 7.11. The first-order valence-corrected chi connectivity index (χ1v) is 11.9. The van der Waals surface area contributed by atoms with Gasteiger partial charge in [0.05, 0.1) is 31.5 Å². The fourth-order valence-electron chi connectivity index (χ4n) is 4.09. The summed E-state index contributed by atoms with van der Waals surface area (Å²) in [5, 5.41) is 22.1. The fourth-order valence-corrected chi connectivity index (χ4v) is 4.09. The molecule has 0 fully saturated rings. The molecule has 0 saturated heterocycles. The number of rotatable bonds is 9.